The molecule has 172 valence electrons. The average molecular weight is 503 g/mol. The van der Waals surface area contributed by atoms with Crippen LogP contribution in [0.4, 0.5) is 10.5 Å². The predicted molar refractivity (Wildman–Crippen MR) is 130 cm³/mol. The molecule has 2 fully saturated rings. The minimum atomic E-state index is -0.0694. The van der Waals surface area contributed by atoms with E-state index >= 15 is 0 Å². The van der Waals surface area contributed by atoms with Gasteiger partial charge in [0.25, 0.3) is 0 Å². The Hall–Kier alpha value is -2.29. The fourth-order valence-corrected chi connectivity index (χ4v) is 4.62. The topological polar surface area (TPSA) is 66.1 Å². The zero-order valence-corrected chi connectivity index (χ0v) is 20.1. The standard InChI is InChI=1S/C24H31BrN4O3/c1-31-21-4-2-3-19(16-21)27-24(30)29-13-11-28(12-14-29)17-18-5-6-23(22(25)15-18)32-20-7-9-26-10-8-20/h2-6,15-16,20,26H,7-14,17H2,1H3,(H,27,30). The predicted octanol–water partition coefficient (Wildman–Crippen LogP) is 3.94. The number of nitrogens with one attached hydrogen (secondary N) is 2. The maximum atomic E-state index is 12.6. The quantitative estimate of drug-likeness (QED) is 0.626. The van der Waals surface area contributed by atoms with Gasteiger partial charge in [-0.1, -0.05) is 12.1 Å². The van der Waals surface area contributed by atoms with Crippen molar-refractivity contribution in [2.75, 3.05) is 51.7 Å². The molecule has 0 aliphatic carbocycles. The number of hydrogen-bond donors (Lipinski definition) is 2. The highest BCUT2D eigenvalue weighted by Crippen LogP contribution is 2.29. The molecule has 2 amide bonds. The maximum absolute atomic E-state index is 12.6. The Morgan fingerprint density at radius 1 is 1.12 bits per heavy atom. The number of carbonyl (C=O) groups excluding carboxylic acids is 1. The number of urea groups is 1. The first-order chi connectivity index (χ1) is 15.6. The van der Waals surface area contributed by atoms with Crippen molar-refractivity contribution in [3.05, 3.63) is 52.5 Å². The largest absolute Gasteiger partial charge is 0.497 e. The van der Waals surface area contributed by atoms with Crippen LogP contribution in [-0.2, 0) is 6.54 Å². The van der Waals surface area contributed by atoms with Gasteiger partial charge in [0.05, 0.1) is 11.6 Å². The molecular weight excluding hydrogens is 472 g/mol. The average Bonchev–Trinajstić information content (AvgIpc) is 2.82. The van der Waals surface area contributed by atoms with Gasteiger partial charge in [-0.05, 0) is 71.7 Å². The Bertz CT molecular complexity index is 912. The van der Waals surface area contributed by atoms with E-state index in [2.05, 4.69) is 49.7 Å². The molecule has 0 bridgehead atoms. The summed E-state index contributed by atoms with van der Waals surface area (Å²) in [5.74, 6) is 1.64. The first-order valence-electron chi connectivity index (χ1n) is 11.2. The van der Waals surface area contributed by atoms with Gasteiger partial charge in [-0.2, -0.15) is 0 Å². The van der Waals surface area contributed by atoms with Crippen LogP contribution in [0.25, 0.3) is 0 Å². The van der Waals surface area contributed by atoms with E-state index in [1.54, 1.807) is 7.11 Å². The molecule has 0 atom stereocenters. The molecule has 0 aromatic heterocycles. The minimum Gasteiger partial charge on any atom is -0.497 e. The molecule has 2 aromatic rings. The molecular formula is C24H31BrN4O3. The van der Waals surface area contributed by atoms with Gasteiger partial charge >= 0.3 is 6.03 Å². The molecule has 0 unspecified atom stereocenters. The van der Waals surface area contributed by atoms with Gasteiger partial charge in [0.15, 0.2) is 0 Å². The fourth-order valence-electron chi connectivity index (χ4n) is 4.10. The van der Waals surface area contributed by atoms with Crippen LogP contribution in [0.5, 0.6) is 11.5 Å². The van der Waals surface area contributed by atoms with Gasteiger partial charge in [-0.15, -0.1) is 0 Å². The molecule has 2 aromatic carbocycles. The molecule has 32 heavy (non-hydrogen) atoms. The van der Waals surface area contributed by atoms with Crippen LogP contribution in [0.3, 0.4) is 0 Å². The summed E-state index contributed by atoms with van der Waals surface area (Å²) in [6, 6.07) is 13.7. The van der Waals surface area contributed by atoms with E-state index in [1.807, 2.05) is 29.2 Å². The number of nitrogens with zero attached hydrogens (tertiary/aromatic N) is 2. The van der Waals surface area contributed by atoms with Crippen LogP contribution in [0.15, 0.2) is 46.9 Å². The van der Waals surface area contributed by atoms with Gasteiger partial charge in [0, 0.05) is 44.5 Å². The van der Waals surface area contributed by atoms with Crippen LogP contribution in [0.1, 0.15) is 18.4 Å². The van der Waals surface area contributed by atoms with Crippen molar-refractivity contribution in [2.24, 2.45) is 0 Å². The van der Waals surface area contributed by atoms with E-state index in [0.29, 0.717) is 13.1 Å². The summed E-state index contributed by atoms with van der Waals surface area (Å²) in [6.45, 7) is 5.99. The molecule has 2 saturated heterocycles. The molecule has 2 aliphatic heterocycles. The number of piperidine rings is 1. The van der Waals surface area contributed by atoms with Crippen molar-refractivity contribution in [3.8, 4) is 11.5 Å². The monoisotopic (exact) mass is 502 g/mol. The summed E-state index contributed by atoms with van der Waals surface area (Å²) in [4.78, 5) is 16.9. The number of rotatable bonds is 6. The Balaban J connectivity index is 1.25. The van der Waals surface area contributed by atoms with Crippen LogP contribution >= 0.6 is 15.9 Å². The molecule has 4 rings (SSSR count). The van der Waals surface area contributed by atoms with Crippen molar-refractivity contribution in [1.82, 2.24) is 15.1 Å². The van der Waals surface area contributed by atoms with Crippen molar-refractivity contribution in [1.29, 1.82) is 0 Å². The van der Waals surface area contributed by atoms with E-state index < -0.39 is 0 Å². The number of hydrogen-bond acceptors (Lipinski definition) is 5. The van der Waals surface area contributed by atoms with Crippen molar-refractivity contribution in [2.45, 2.75) is 25.5 Å². The van der Waals surface area contributed by atoms with Crippen LogP contribution < -0.4 is 20.1 Å². The third kappa shape index (κ3) is 6.15. The summed E-state index contributed by atoms with van der Waals surface area (Å²) < 4.78 is 12.4. The van der Waals surface area contributed by atoms with Gasteiger partial charge in [-0.3, -0.25) is 4.90 Å². The summed E-state index contributed by atoms with van der Waals surface area (Å²) in [5, 5.41) is 6.33. The molecule has 0 saturated carbocycles. The summed E-state index contributed by atoms with van der Waals surface area (Å²) >= 11 is 3.68. The molecule has 0 spiro atoms. The lowest BCUT2D eigenvalue weighted by Crippen LogP contribution is -2.49. The first-order valence-corrected chi connectivity index (χ1v) is 12.0. The molecule has 0 radical (unpaired) electrons. The van der Waals surface area contributed by atoms with Crippen LogP contribution in [0.2, 0.25) is 0 Å². The van der Waals surface area contributed by atoms with Gasteiger partial charge in [-0.25, -0.2) is 4.79 Å². The van der Waals surface area contributed by atoms with Gasteiger partial charge in [0.1, 0.15) is 17.6 Å². The van der Waals surface area contributed by atoms with Crippen molar-refractivity contribution >= 4 is 27.6 Å². The lowest BCUT2D eigenvalue weighted by atomic mass is 10.1. The smallest absolute Gasteiger partial charge is 0.321 e. The second kappa shape index (κ2) is 11.0. The van der Waals surface area contributed by atoms with E-state index in [9.17, 15) is 4.79 Å². The third-order valence-corrected chi connectivity index (χ3v) is 6.58. The maximum Gasteiger partial charge on any atom is 0.321 e. The number of halogens is 1. The summed E-state index contributed by atoms with van der Waals surface area (Å²) in [7, 11) is 1.62. The second-order valence-corrected chi connectivity index (χ2v) is 9.11. The molecule has 2 N–H and O–H groups in total. The number of benzene rings is 2. The Labute approximate surface area is 198 Å². The number of ether oxygens (including phenoxy) is 2. The van der Waals surface area contributed by atoms with Gasteiger partial charge in [0.2, 0.25) is 0 Å². The van der Waals surface area contributed by atoms with E-state index in [0.717, 1.165) is 67.2 Å². The van der Waals surface area contributed by atoms with E-state index in [-0.39, 0.29) is 12.1 Å². The molecule has 8 heteroatoms. The highest BCUT2D eigenvalue weighted by molar-refractivity contribution is 9.10. The third-order valence-electron chi connectivity index (χ3n) is 5.96. The lowest BCUT2D eigenvalue weighted by molar-refractivity contribution is 0.142. The molecule has 7 nitrogen and oxygen atoms in total. The summed E-state index contributed by atoms with van der Waals surface area (Å²) in [5.41, 5.74) is 1.98. The van der Waals surface area contributed by atoms with Crippen LogP contribution in [-0.4, -0.2) is 68.3 Å². The molecule has 2 heterocycles. The van der Waals surface area contributed by atoms with Crippen molar-refractivity contribution in [3.63, 3.8) is 0 Å². The normalized spacial score (nSPS) is 17.8. The number of amides is 2. The highest BCUT2D eigenvalue weighted by atomic mass is 79.9. The summed E-state index contributed by atoms with van der Waals surface area (Å²) in [6.07, 6.45) is 2.38. The number of methoxy groups -OCH3 is 1. The SMILES string of the molecule is COc1cccc(NC(=O)N2CCN(Cc3ccc(OC4CCNCC4)c(Br)c3)CC2)c1. The minimum absolute atomic E-state index is 0.0694. The number of anilines is 1. The Morgan fingerprint density at radius 2 is 1.91 bits per heavy atom. The molecule has 2 aliphatic rings. The zero-order valence-electron chi connectivity index (χ0n) is 18.5. The highest BCUT2D eigenvalue weighted by Gasteiger charge is 2.22. The second-order valence-electron chi connectivity index (χ2n) is 8.26. The Kier molecular flexibility index (Phi) is 7.89. The Morgan fingerprint density at radius 3 is 2.62 bits per heavy atom. The van der Waals surface area contributed by atoms with Gasteiger partial charge < -0.3 is 25.0 Å². The zero-order chi connectivity index (χ0) is 22.3. The lowest BCUT2D eigenvalue weighted by Gasteiger charge is -2.34. The van der Waals surface area contributed by atoms with E-state index in [1.165, 1.54) is 5.56 Å². The van der Waals surface area contributed by atoms with Crippen molar-refractivity contribution < 1.29 is 14.3 Å². The fraction of sp³-hybridized carbons (Fsp3) is 0.458. The number of piperazine rings is 1. The van der Waals surface area contributed by atoms with E-state index in [4.69, 9.17) is 9.47 Å². The van der Waals surface area contributed by atoms with Crippen LogP contribution in [0, 0.1) is 0 Å². The number of carbonyl (C=O) groups is 1. The first kappa shape index (κ1) is 22.9.